The number of hydrogen-bond acceptors (Lipinski definition) is 3. The smallest absolute Gasteiger partial charge is 0.362 e. The topological polar surface area (TPSA) is 53.6 Å². The van der Waals surface area contributed by atoms with E-state index in [4.69, 9.17) is 11.6 Å². The van der Waals surface area contributed by atoms with Crippen molar-refractivity contribution in [3.8, 4) is 0 Å². The number of halogens is 4. The van der Waals surface area contributed by atoms with E-state index in [0.717, 1.165) is 12.3 Å². The zero-order chi connectivity index (χ0) is 13.2. The van der Waals surface area contributed by atoms with E-state index in [-0.39, 0.29) is 10.8 Å². The van der Waals surface area contributed by atoms with E-state index in [1.54, 1.807) is 12.4 Å². The number of aromatic nitrogens is 3. The average Bonchev–Trinajstić information content (AvgIpc) is 2.79. The number of aromatic amines is 1. The summed E-state index contributed by atoms with van der Waals surface area (Å²) in [6, 6.07) is 0.832. The van der Waals surface area contributed by atoms with Gasteiger partial charge in [-0.1, -0.05) is 11.6 Å². The summed E-state index contributed by atoms with van der Waals surface area (Å²) in [5.74, 6) is 0.814. The molecule has 2 aromatic heterocycles. The van der Waals surface area contributed by atoms with Crippen LogP contribution in [0.25, 0.3) is 0 Å². The Morgan fingerprint density at radius 3 is 2.67 bits per heavy atom. The van der Waals surface area contributed by atoms with E-state index < -0.39 is 11.7 Å². The van der Waals surface area contributed by atoms with Gasteiger partial charge in [0.2, 0.25) is 0 Å². The third kappa shape index (κ3) is 2.92. The third-order valence-corrected chi connectivity index (χ3v) is 2.43. The monoisotopic (exact) mass is 276 g/mol. The van der Waals surface area contributed by atoms with E-state index >= 15 is 0 Å². The number of hydrogen-bond donors (Lipinski definition) is 2. The molecule has 0 saturated heterocycles. The van der Waals surface area contributed by atoms with Crippen LogP contribution in [0.5, 0.6) is 0 Å². The normalized spacial score (nSPS) is 11.6. The van der Waals surface area contributed by atoms with Crippen molar-refractivity contribution in [3.05, 3.63) is 41.1 Å². The highest BCUT2D eigenvalue weighted by molar-refractivity contribution is 6.32. The minimum Gasteiger partial charge on any atom is -0.362 e. The standard InChI is InChI=1S/C10H8ClF3N4/c11-7-3-6(10(12,13)14)4-17-9(7)18-5-8-15-1-2-16-8/h1-4H,5H2,(H,15,16)(H,17,18). The van der Waals surface area contributed by atoms with Crippen LogP contribution in [-0.2, 0) is 12.7 Å². The first kappa shape index (κ1) is 12.7. The van der Waals surface area contributed by atoms with Gasteiger partial charge in [0.25, 0.3) is 0 Å². The molecule has 4 nitrogen and oxygen atoms in total. The molecule has 0 unspecified atom stereocenters. The van der Waals surface area contributed by atoms with E-state index in [9.17, 15) is 13.2 Å². The van der Waals surface area contributed by atoms with E-state index in [0.29, 0.717) is 12.4 Å². The zero-order valence-corrected chi connectivity index (χ0v) is 9.68. The van der Waals surface area contributed by atoms with Crippen LogP contribution in [0.4, 0.5) is 19.0 Å². The first-order valence-corrected chi connectivity index (χ1v) is 5.29. The van der Waals surface area contributed by atoms with Crippen molar-refractivity contribution in [2.45, 2.75) is 12.7 Å². The molecular weight excluding hydrogens is 269 g/mol. The summed E-state index contributed by atoms with van der Waals surface area (Å²) in [6.07, 6.45) is -0.510. The Balaban J connectivity index is 2.10. The Labute approximate surface area is 105 Å². The Morgan fingerprint density at radius 1 is 1.33 bits per heavy atom. The van der Waals surface area contributed by atoms with Gasteiger partial charge in [-0.15, -0.1) is 0 Å². The molecule has 0 aliphatic carbocycles. The van der Waals surface area contributed by atoms with Crippen molar-refractivity contribution >= 4 is 17.4 Å². The van der Waals surface area contributed by atoms with Crippen LogP contribution < -0.4 is 5.32 Å². The van der Waals surface area contributed by atoms with Crippen molar-refractivity contribution in [2.24, 2.45) is 0 Å². The minimum atomic E-state index is -4.45. The van der Waals surface area contributed by atoms with Gasteiger partial charge in [-0.3, -0.25) is 0 Å². The molecule has 0 aliphatic rings. The number of imidazole rings is 1. The lowest BCUT2D eigenvalue weighted by Gasteiger charge is -2.09. The van der Waals surface area contributed by atoms with Crippen LogP contribution in [0.2, 0.25) is 5.02 Å². The lowest BCUT2D eigenvalue weighted by Crippen LogP contribution is -2.08. The number of H-pyrrole nitrogens is 1. The van der Waals surface area contributed by atoms with Crippen molar-refractivity contribution in [1.82, 2.24) is 15.0 Å². The summed E-state index contributed by atoms with van der Waals surface area (Å²) < 4.78 is 37.1. The molecule has 0 saturated carbocycles. The molecular formula is C10H8ClF3N4. The summed E-state index contributed by atoms with van der Waals surface area (Å²) in [5, 5.41) is 2.70. The zero-order valence-electron chi connectivity index (χ0n) is 8.92. The predicted molar refractivity (Wildman–Crippen MR) is 60.2 cm³/mol. The first-order valence-electron chi connectivity index (χ1n) is 4.91. The summed E-state index contributed by atoms with van der Waals surface area (Å²) in [6.45, 7) is 0.297. The second-order valence-corrected chi connectivity index (χ2v) is 3.85. The number of anilines is 1. The summed E-state index contributed by atoms with van der Waals surface area (Å²) in [4.78, 5) is 10.4. The maximum atomic E-state index is 12.4. The van der Waals surface area contributed by atoms with Crippen LogP contribution in [0.3, 0.4) is 0 Å². The minimum absolute atomic E-state index is 0.0867. The lowest BCUT2D eigenvalue weighted by atomic mass is 10.3. The van der Waals surface area contributed by atoms with Gasteiger partial charge >= 0.3 is 6.18 Å². The first-order chi connectivity index (χ1) is 8.47. The molecule has 0 fully saturated rings. The molecule has 0 aliphatic heterocycles. The van der Waals surface area contributed by atoms with Crippen molar-refractivity contribution in [2.75, 3.05) is 5.32 Å². The fourth-order valence-corrected chi connectivity index (χ4v) is 1.52. The largest absolute Gasteiger partial charge is 0.417 e. The van der Waals surface area contributed by atoms with Gasteiger partial charge < -0.3 is 10.3 Å². The van der Waals surface area contributed by atoms with Crippen LogP contribution in [0.15, 0.2) is 24.7 Å². The molecule has 0 bridgehead atoms. The molecule has 0 atom stereocenters. The molecule has 0 aromatic carbocycles. The fraction of sp³-hybridized carbons (Fsp3) is 0.200. The number of rotatable bonds is 3. The van der Waals surface area contributed by atoms with Gasteiger partial charge in [-0.05, 0) is 6.07 Å². The molecule has 0 radical (unpaired) electrons. The van der Waals surface area contributed by atoms with Crippen LogP contribution in [0, 0.1) is 0 Å². The molecule has 2 heterocycles. The van der Waals surface area contributed by atoms with Gasteiger partial charge in [0.1, 0.15) is 11.6 Å². The maximum Gasteiger partial charge on any atom is 0.417 e. The predicted octanol–water partition coefficient (Wildman–Crippen LogP) is 3.09. The number of pyridine rings is 1. The lowest BCUT2D eigenvalue weighted by molar-refractivity contribution is -0.137. The van der Waals surface area contributed by atoms with Gasteiger partial charge in [0, 0.05) is 18.6 Å². The summed E-state index contributed by atoms with van der Waals surface area (Å²) >= 11 is 5.72. The van der Waals surface area contributed by atoms with E-state index in [1.807, 2.05) is 0 Å². The quantitative estimate of drug-likeness (QED) is 0.906. The molecule has 2 aromatic rings. The highest BCUT2D eigenvalue weighted by atomic mass is 35.5. The van der Waals surface area contributed by atoms with Crippen molar-refractivity contribution in [1.29, 1.82) is 0 Å². The highest BCUT2D eigenvalue weighted by Crippen LogP contribution is 2.32. The van der Waals surface area contributed by atoms with Crippen LogP contribution >= 0.6 is 11.6 Å². The highest BCUT2D eigenvalue weighted by Gasteiger charge is 2.31. The van der Waals surface area contributed by atoms with Gasteiger partial charge in [0.15, 0.2) is 0 Å². The van der Waals surface area contributed by atoms with E-state index in [1.165, 1.54) is 0 Å². The Bertz CT molecular complexity index is 524. The van der Waals surface area contributed by atoms with Crippen molar-refractivity contribution < 1.29 is 13.2 Å². The molecule has 2 rings (SSSR count). The van der Waals surface area contributed by atoms with Crippen molar-refractivity contribution in [3.63, 3.8) is 0 Å². The Morgan fingerprint density at radius 2 is 2.11 bits per heavy atom. The molecule has 96 valence electrons. The molecule has 0 amide bonds. The fourth-order valence-electron chi connectivity index (χ4n) is 1.29. The molecule has 8 heteroatoms. The Kier molecular flexibility index (Phi) is 3.42. The average molecular weight is 277 g/mol. The Hall–Kier alpha value is -1.76. The molecule has 0 spiro atoms. The van der Waals surface area contributed by atoms with E-state index in [2.05, 4.69) is 20.3 Å². The number of nitrogens with zero attached hydrogens (tertiary/aromatic N) is 2. The summed E-state index contributed by atoms with van der Waals surface area (Å²) in [7, 11) is 0. The number of nitrogens with one attached hydrogen (secondary N) is 2. The molecule has 2 N–H and O–H groups in total. The maximum absolute atomic E-state index is 12.4. The van der Waals surface area contributed by atoms with Crippen LogP contribution in [-0.4, -0.2) is 15.0 Å². The second kappa shape index (κ2) is 4.85. The van der Waals surface area contributed by atoms with Gasteiger partial charge in [0.05, 0.1) is 17.1 Å². The third-order valence-electron chi connectivity index (χ3n) is 2.15. The van der Waals surface area contributed by atoms with Gasteiger partial charge in [-0.2, -0.15) is 13.2 Å². The van der Waals surface area contributed by atoms with Gasteiger partial charge in [-0.25, -0.2) is 9.97 Å². The summed E-state index contributed by atoms with van der Waals surface area (Å²) in [5.41, 5.74) is -0.879. The SMILES string of the molecule is FC(F)(F)c1cnc(NCc2ncc[nH]2)c(Cl)c1. The molecule has 18 heavy (non-hydrogen) atoms. The van der Waals surface area contributed by atoms with Crippen LogP contribution in [0.1, 0.15) is 11.4 Å². The second-order valence-electron chi connectivity index (χ2n) is 3.44. The number of alkyl halides is 3.